The Hall–Kier alpha value is -0.600. The summed E-state index contributed by atoms with van der Waals surface area (Å²) in [6.45, 7) is 6.62. The lowest BCUT2D eigenvalue weighted by atomic mass is 10.1. The highest BCUT2D eigenvalue weighted by molar-refractivity contribution is 5.70. The molecule has 0 amide bonds. The summed E-state index contributed by atoms with van der Waals surface area (Å²) in [5.74, 6) is -0.449. The fourth-order valence-corrected chi connectivity index (χ4v) is 4.25. The van der Waals surface area contributed by atoms with Crippen LogP contribution in [0.3, 0.4) is 0 Å². The van der Waals surface area contributed by atoms with Gasteiger partial charge < -0.3 is 48.4 Å². The van der Waals surface area contributed by atoms with E-state index in [1.807, 2.05) is 28.2 Å². The lowest BCUT2D eigenvalue weighted by Crippen LogP contribution is -3.00. The second-order valence-corrected chi connectivity index (χ2v) is 11.2. The van der Waals surface area contributed by atoms with Crippen LogP contribution in [0.5, 0.6) is 0 Å². The first-order valence-electron chi connectivity index (χ1n) is 13.6. The smallest absolute Gasteiger partial charge is 0.361 e. The van der Waals surface area contributed by atoms with Crippen LogP contribution in [0, 0.1) is 0 Å². The largest absolute Gasteiger partial charge is 1.00 e. The third kappa shape index (κ3) is 25.1. The Morgan fingerprint density at radius 2 is 0.917 bits per heavy atom. The number of ether oxygens (including phenoxy) is 2. The summed E-state index contributed by atoms with van der Waals surface area (Å²) in [4.78, 5) is 24.4. The van der Waals surface area contributed by atoms with Gasteiger partial charge in [-0.15, -0.1) is 0 Å². The summed E-state index contributed by atoms with van der Waals surface area (Å²) in [6, 6.07) is 0. The molecule has 218 valence electrons. The minimum atomic E-state index is -0.636. The minimum absolute atomic E-state index is 0. The molecule has 0 saturated carbocycles. The Balaban J connectivity index is -0.00000544. The van der Waals surface area contributed by atoms with Crippen LogP contribution < -0.4 is 24.8 Å². The standard InChI is InChI=1S/C27H56N2O5.2ClH/c1-7-9-11-13-15-17-19-33-26(31)23-28(3,4)21-25(30)22-29(5,6)24-27(32)34-20-18-16-14-12-10-8-2;;/h25,30H,7-24H2,1-6H3;2*1H/q+2;;/p-2. The molecule has 0 heterocycles. The third-order valence-electron chi connectivity index (χ3n) is 6.05. The lowest BCUT2D eigenvalue weighted by molar-refractivity contribution is -0.907. The van der Waals surface area contributed by atoms with E-state index in [4.69, 9.17) is 9.47 Å². The zero-order chi connectivity index (χ0) is 25.9. The van der Waals surface area contributed by atoms with Gasteiger partial charge in [-0.25, -0.2) is 9.59 Å². The van der Waals surface area contributed by atoms with Crippen molar-refractivity contribution in [2.75, 3.05) is 67.6 Å². The summed E-state index contributed by atoms with van der Waals surface area (Å²) in [5, 5.41) is 10.6. The number of nitrogens with zero attached hydrogens (tertiary/aromatic N) is 2. The molecule has 0 fully saturated rings. The van der Waals surface area contributed by atoms with Crippen LogP contribution in [0.4, 0.5) is 0 Å². The van der Waals surface area contributed by atoms with E-state index in [1.165, 1.54) is 51.4 Å². The number of aliphatic hydroxyl groups is 1. The van der Waals surface area contributed by atoms with Crippen molar-refractivity contribution < 1.29 is 57.9 Å². The van der Waals surface area contributed by atoms with Gasteiger partial charge in [0, 0.05) is 0 Å². The number of carbonyl (C=O) groups is 2. The van der Waals surface area contributed by atoms with E-state index in [9.17, 15) is 14.7 Å². The van der Waals surface area contributed by atoms with Gasteiger partial charge in [0.15, 0.2) is 19.2 Å². The number of unbranched alkanes of at least 4 members (excludes halogenated alkanes) is 10. The fraction of sp³-hybridized carbons (Fsp3) is 0.926. The van der Waals surface area contributed by atoms with Crippen LogP contribution in [0.25, 0.3) is 0 Å². The van der Waals surface area contributed by atoms with Gasteiger partial charge in [-0.3, -0.25) is 0 Å². The van der Waals surface area contributed by atoms with Gasteiger partial charge in [0.05, 0.1) is 41.4 Å². The molecule has 0 aliphatic rings. The number of halogens is 2. The zero-order valence-corrected chi connectivity index (χ0v) is 25.5. The molecule has 0 spiro atoms. The molecular weight excluding hydrogens is 503 g/mol. The van der Waals surface area contributed by atoms with E-state index in [0.717, 1.165) is 25.7 Å². The lowest BCUT2D eigenvalue weighted by Gasteiger charge is -2.35. The maximum atomic E-state index is 12.2. The van der Waals surface area contributed by atoms with Crippen LogP contribution in [-0.2, 0) is 19.1 Å². The first-order chi connectivity index (χ1) is 16.0. The zero-order valence-electron chi connectivity index (χ0n) is 24.0. The molecule has 0 atom stereocenters. The summed E-state index contributed by atoms with van der Waals surface area (Å²) < 4.78 is 11.5. The molecule has 7 nitrogen and oxygen atoms in total. The molecule has 0 radical (unpaired) electrons. The van der Waals surface area contributed by atoms with Gasteiger partial charge in [-0.1, -0.05) is 78.1 Å². The Morgan fingerprint density at radius 3 is 1.25 bits per heavy atom. The summed E-state index contributed by atoms with van der Waals surface area (Å²) in [5.41, 5.74) is 0. The van der Waals surface area contributed by atoms with Crippen molar-refractivity contribution in [1.29, 1.82) is 0 Å². The average molecular weight is 560 g/mol. The van der Waals surface area contributed by atoms with E-state index in [-0.39, 0.29) is 49.8 Å². The number of hydrogen-bond acceptors (Lipinski definition) is 5. The summed E-state index contributed by atoms with van der Waals surface area (Å²) >= 11 is 0. The molecule has 0 aromatic carbocycles. The number of carbonyl (C=O) groups excluding carboxylic acids is 2. The first-order valence-corrected chi connectivity index (χ1v) is 13.6. The SMILES string of the molecule is CCCCCCCCOC(=O)C[N+](C)(C)CC(O)C[N+](C)(C)CC(=O)OCCCCCCCC.[Cl-].[Cl-]. The summed E-state index contributed by atoms with van der Waals surface area (Å²) in [7, 11) is 7.68. The van der Waals surface area contributed by atoms with Crippen LogP contribution in [-0.4, -0.2) is 99.7 Å². The van der Waals surface area contributed by atoms with E-state index in [1.54, 1.807) is 0 Å². The first kappa shape index (κ1) is 39.9. The van der Waals surface area contributed by atoms with Gasteiger partial charge >= 0.3 is 11.9 Å². The number of aliphatic hydroxyl groups excluding tert-OH is 1. The van der Waals surface area contributed by atoms with Crippen molar-refractivity contribution in [3.05, 3.63) is 0 Å². The van der Waals surface area contributed by atoms with E-state index in [2.05, 4.69) is 13.8 Å². The van der Waals surface area contributed by atoms with Crippen molar-refractivity contribution in [2.24, 2.45) is 0 Å². The van der Waals surface area contributed by atoms with Gasteiger partial charge in [0.2, 0.25) is 0 Å². The number of hydrogen-bond donors (Lipinski definition) is 1. The predicted octanol–water partition coefficient (Wildman–Crippen LogP) is -1.68. The number of likely N-dealkylation sites (N-methyl/N-ethyl adjacent to an activating group) is 2. The van der Waals surface area contributed by atoms with Gasteiger partial charge in [0.1, 0.15) is 13.1 Å². The minimum Gasteiger partial charge on any atom is -1.00 e. The highest BCUT2D eigenvalue weighted by Gasteiger charge is 2.31. The molecule has 0 rings (SSSR count). The fourth-order valence-electron chi connectivity index (χ4n) is 4.25. The number of quaternary nitrogens is 2. The molecule has 0 aliphatic heterocycles. The number of esters is 2. The predicted molar refractivity (Wildman–Crippen MR) is 138 cm³/mol. The number of rotatable bonds is 22. The topological polar surface area (TPSA) is 72.8 Å². The quantitative estimate of drug-likeness (QED) is 0.0975. The maximum absolute atomic E-state index is 12.2. The van der Waals surface area contributed by atoms with Crippen LogP contribution in [0.2, 0.25) is 0 Å². The molecule has 0 saturated heterocycles. The highest BCUT2D eigenvalue weighted by Crippen LogP contribution is 2.09. The molecule has 0 bridgehead atoms. The highest BCUT2D eigenvalue weighted by atomic mass is 35.5. The monoisotopic (exact) mass is 558 g/mol. The summed E-state index contributed by atoms with van der Waals surface area (Å²) in [6.07, 6.45) is 13.3. The third-order valence-corrected chi connectivity index (χ3v) is 6.05. The van der Waals surface area contributed by atoms with Crippen molar-refractivity contribution >= 4 is 11.9 Å². The molecule has 0 aromatic heterocycles. The van der Waals surface area contributed by atoms with Crippen molar-refractivity contribution in [1.82, 2.24) is 0 Å². The van der Waals surface area contributed by atoms with Crippen LogP contribution in [0.1, 0.15) is 90.9 Å². The molecule has 36 heavy (non-hydrogen) atoms. The van der Waals surface area contributed by atoms with Crippen LogP contribution >= 0.6 is 0 Å². The maximum Gasteiger partial charge on any atom is 0.361 e. The van der Waals surface area contributed by atoms with Gasteiger partial charge in [0.25, 0.3) is 0 Å². The van der Waals surface area contributed by atoms with E-state index < -0.39 is 6.10 Å². The van der Waals surface area contributed by atoms with Crippen molar-refractivity contribution in [3.8, 4) is 0 Å². The molecule has 9 heteroatoms. The van der Waals surface area contributed by atoms with Crippen LogP contribution in [0.15, 0.2) is 0 Å². The molecule has 1 N–H and O–H groups in total. The van der Waals surface area contributed by atoms with Gasteiger partial charge in [-0.05, 0) is 12.8 Å². The van der Waals surface area contributed by atoms with Gasteiger partial charge in [-0.2, -0.15) is 0 Å². The molecule has 0 unspecified atom stereocenters. The van der Waals surface area contributed by atoms with E-state index in [0.29, 0.717) is 35.3 Å². The Labute approximate surface area is 234 Å². The Morgan fingerprint density at radius 1 is 0.611 bits per heavy atom. The normalized spacial score (nSPS) is 11.6. The van der Waals surface area contributed by atoms with Crippen molar-refractivity contribution in [2.45, 2.75) is 97.0 Å². The molecule has 0 aromatic rings. The average Bonchev–Trinajstić information content (AvgIpc) is 2.70. The van der Waals surface area contributed by atoms with E-state index >= 15 is 0 Å². The Kier molecular flexibility index (Phi) is 26.1. The molecular formula is C27H56Cl2N2O5. The second-order valence-electron chi connectivity index (χ2n) is 11.2. The Bertz CT molecular complexity index is 502. The molecule has 0 aliphatic carbocycles. The van der Waals surface area contributed by atoms with Crippen molar-refractivity contribution in [3.63, 3.8) is 0 Å². The second kappa shape index (κ2) is 23.5.